The average Bonchev–Trinajstić information content (AvgIpc) is 2.80. The SMILES string of the molecule is C[C@H](O)[C@H](OCC1CC1)C1CCCC1. The largest absolute Gasteiger partial charge is 0.391 e. The third kappa shape index (κ3) is 2.71. The minimum Gasteiger partial charge on any atom is -0.391 e. The quantitative estimate of drug-likeness (QED) is 0.735. The second-order valence-electron chi connectivity index (χ2n) is 5.03. The summed E-state index contributed by atoms with van der Waals surface area (Å²) < 4.78 is 5.86. The Bertz CT molecular complexity index is 169. The van der Waals surface area contributed by atoms with Crippen molar-refractivity contribution >= 4 is 0 Å². The van der Waals surface area contributed by atoms with Crippen molar-refractivity contribution in [3.63, 3.8) is 0 Å². The van der Waals surface area contributed by atoms with Crippen LogP contribution in [-0.4, -0.2) is 23.9 Å². The van der Waals surface area contributed by atoms with Gasteiger partial charge in [-0.15, -0.1) is 0 Å². The van der Waals surface area contributed by atoms with Crippen molar-refractivity contribution < 1.29 is 9.84 Å². The maximum absolute atomic E-state index is 9.68. The van der Waals surface area contributed by atoms with E-state index >= 15 is 0 Å². The molecule has 2 aliphatic carbocycles. The van der Waals surface area contributed by atoms with Crippen LogP contribution in [-0.2, 0) is 4.74 Å². The zero-order valence-corrected chi connectivity index (χ0v) is 9.11. The number of rotatable bonds is 5. The van der Waals surface area contributed by atoms with Gasteiger partial charge in [0.25, 0.3) is 0 Å². The van der Waals surface area contributed by atoms with Gasteiger partial charge in [0.1, 0.15) is 0 Å². The molecule has 82 valence electrons. The molecule has 2 atom stereocenters. The molecule has 2 aliphatic rings. The highest BCUT2D eigenvalue weighted by Crippen LogP contribution is 2.34. The molecule has 0 unspecified atom stereocenters. The highest BCUT2D eigenvalue weighted by Gasteiger charge is 2.31. The van der Waals surface area contributed by atoms with E-state index in [0.717, 1.165) is 12.5 Å². The highest BCUT2D eigenvalue weighted by atomic mass is 16.5. The molecule has 0 saturated heterocycles. The van der Waals surface area contributed by atoms with E-state index in [1.165, 1.54) is 38.5 Å². The predicted octanol–water partition coefficient (Wildman–Crippen LogP) is 2.35. The number of aliphatic hydroxyl groups is 1. The smallest absolute Gasteiger partial charge is 0.0859 e. The normalized spacial score (nSPS) is 27.9. The average molecular weight is 198 g/mol. The summed E-state index contributed by atoms with van der Waals surface area (Å²) in [5.74, 6) is 1.42. The molecule has 0 amide bonds. The molecule has 2 fully saturated rings. The predicted molar refractivity (Wildman–Crippen MR) is 56.1 cm³/mol. The molecular weight excluding hydrogens is 176 g/mol. The van der Waals surface area contributed by atoms with Crippen molar-refractivity contribution in [3.05, 3.63) is 0 Å². The van der Waals surface area contributed by atoms with Gasteiger partial charge in [-0.1, -0.05) is 12.8 Å². The van der Waals surface area contributed by atoms with Crippen molar-refractivity contribution in [2.75, 3.05) is 6.61 Å². The topological polar surface area (TPSA) is 29.5 Å². The Morgan fingerprint density at radius 3 is 2.36 bits per heavy atom. The Hall–Kier alpha value is -0.0800. The fourth-order valence-corrected chi connectivity index (χ4v) is 2.49. The van der Waals surface area contributed by atoms with Crippen LogP contribution in [0.5, 0.6) is 0 Å². The number of hydrogen-bond donors (Lipinski definition) is 1. The first-order valence-corrected chi connectivity index (χ1v) is 6.07. The van der Waals surface area contributed by atoms with Crippen molar-refractivity contribution in [2.45, 2.75) is 57.7 Å². The molecule has 0 bridgehead atoms. The zero-order chi connectivity index (χ0) is 9.97. The van der Waals surface area contributed by atoms with E-state index in [-0.39, 0.29) is 12.2 Å². The molecule has 0 aromatic rings. The van der Waals surface area contributed by atoms with Gasteiger partial charge in [-0.25, -0.2) is 0 Å². The van der Waals surface area contributed by atoms with Crippen molar-refractivity contribution in [3.8, 4) is 0 Å². The Morgan fingerprint density at radius 1 is 1.21 bits per heavy atom. The van der Waals surface area contributed by atoms with Crippen LogP contribution in [0.1, 0.15) is 45.4 Å². The fraction of sp³-hybridized carbons (Fsp3) is 1.00. The lowest BCUT2D eigenvalue weighted by Crippen LogP contribution is -2.33. The summed E-state index contributed by atoms with van der Waals surface area (Å²) in [6, 6.07) is 0. The summed E-state index contributed by atoms with van der Waals surface area (Å²) >= 11 is 0. The highest BCUT2D eigenvalue weighted by molar-refractivity contribution is 4.81. The minimum absolute atomic E-state index is 0.109. The molecular formula is C12H22O2. The van der Waals surface area contributed by atoms with Gasteiger partial charge in [-0.3, -0.25) is 0 Å². The van der Waals surface area contributed by atoms with E-state index in [9.17, 15) is 5.11 Å². The van der Waals surface area contributed by atoms with Gasteiger partial charge in [-0.05, 0) is 44.4 Å². The maximum Gasteiger partial charge on any atom is 0.0859 e. The molecule has 0 aliphatic heterocycles. The molecule has 2 nitrogen and oxygen atoms in total. The molecule has 14 heavy (non-hydrogen) atoms. The number of aliphatic hydroxyl groups excluding tert-OH is 1. The van der Waals surface area contributed by atoms with Crippen LogP contribution in [0, 0.1) is 11.8 Å². The first-order chi connectivity index (χ1) is 6.77. The number of hydrogen-bond acceptors (Lipinski definition) is 2. The van der Waals surface area contributed by atoms with E-state index in [1.54, 1.807) is 0 Å². The summed E-state index contributed by atoms with van der Waals surface area (Å²) in [6.07, 6.45) is 7.62. The van der Waals surface area contributed by atoms with E-state index in [2.05, 4.69) is 0 Å². The molecule has 2 saturated carbocycles. The molecule has 1 N–H and O–H groups in total. The van der Waals surface area contributed by atoms with E-state index in [4.69, 9.17) is 4.74 Å². The van der Waals surface area contributed by atoms with Gasteiger partial charge in [0.15, 0.2) is 0 Å². The van der Waals surface area contributed by atoms with Crippen LogP contribution in [0.3, 0.4) is 0 Å². The van der Waals surface area contributed by atoms with Crippen LogP contribution in [0.4, 0.5) is 0 Å². The van der Waals surface area contributed by atoms with Crippen LogP contribution >= 0.6 is 0 Å². The van der Waals surface area contributed by atoms with E-state index in [1.807, 2.05) is 6.92 Å². The molecule has 0 aromatic carbocycles. The minimum atomic E-state index is -0.295. The third-order valence-corrected chi connectivity index (χ3v) is 3.56. The van der Waals surface area contributed by atoms with E-state index in [0.29, 0.717) is 5.92 Å². The van der Waals surface area contributed by atoms with Crippen molar-refractivity contribution in [1.82, 2.24) is 0 Å². The number of ether oxygens (including phenoxy) is 1. The standard InChI is InChI=1S/C12H22O2/c1-9(13)12(11-4-2-3-5-11)14-8-10-6-7-10/h9-13H,2-8H2,1H3/t9-,12-/m0/s1. The molecule has 0 heterocycles. The monoisotopic (exact) mass is 198 g/mol. The second kappa shape index (κ2) is 4.63. The molecule has 0 spiro atoms. The lowest BCUT2D eigenvalue weighted by atomic mass is 9.97. The Labute approximate surface area is 86.6 Å². The van der Waals surface area contributed by atoms with Gasteiger partial charge in [0.2, 0.25) is 0 Å². The van der Waals surface area contributed by atoms with Gasteiger partial charge < -0.3 is 9.84 Å². The molecule has 0 radical (unpaired) electrons. The van der Waals surface area contributed by atoms with Gasteiger partial charge in [-0.2, -0.15) is 0 Å². The molecule has 2 heteroatoms. The van der Waals surface area contributed by atoms with Crippen LogP contribution in [0.25, 0.3) is 0 Å². The van der Waals surface area contributed by atoms with Crippen LogP contribution < -0.4 is 0 Å². The fourth-order valence-electron chi connectivity index (χ4n) is 2.49. The van der Waals surface area contributed by atoms with Gasteiger partial charge in [0.05, 0.1) is 12.2 Å². The lowest BCUT2D eigenvalue weighted by molar-refractivity contribution is -0.0637. The van der Waals surface area contributed by atoms with Crippen LogP contribution in [0.2, 0.25) is 0 Å². The Balaban J connectivity index is 1.78. The van der Waals surface area contributed by atoms with Gasteiger partial charge in [0, 0.05) is 6.61 Å². The summed E-state index contributed by atoms with van der Waals surface area (Å²) in [5.41, 5.74) is 0. The third-order valence-electron chi connectivity index (χ3n) is 3.56. The van der Waals surface area contributed by atoms with Crippen molar-refractivity contribution in [2.24, 2.45) is 11.8 Å². The van der Waals surface area contributed by atoms with E-state index < -0.39 is 0 Å². The summed E-state index contributed by atoms with van der Waals surface area (Å²) in [7, 11) is 0. The summed E-state index contributed by atoms with van der Waals surface area (Å²) in [6.45, 7) is 2.75. The second-order valence-corrected chi connectivity index (χ2v) is 5.03. The first kappa shape index (κ1) is 10.4. The maximum atomic E-state index is 9.68. The summed E-state index contributed by atoms with van der Waals surface area (Å²) in [4.78, 5) is 0. The zero-order valence-electron chi connectivity index (χ0n) is 9.11. The van der Waals surface area contributed by atoms with Gasteiger partial charge >= 0.3 is 0 Å². The summed E-state index contributed by atoms with van der Waals surface area (Å²) in [5, 5.41) is 9.68. The Kier molecular flexibility index (Phi) is 3.45. The van der Waals surface area contributed by atoms with Crippen molar-refractivity contribution in [1.29, 1.82) is 0 Å². The molecule has 2 rings (SSSR count). The Morgan fingerprint density at radius 2 is 1.86 bits per heavy atom. The first-order valence-electron chi connectivity index (χ1n) is 6.07. The lowest BCUT2D eigenvalue weighted by Gasteiger charge is -2.26. The van der Waals surface area contributed by atoms with Crippen LogP contribution in [0.15, 0.2) is 0 Å². The molecule has 0 aromatic heterocycles.